The van der Waals surface area contributed by atoms with E-state index < -0.39 is 83.4 Å². The van der Waals surface area contributed by atoms with E-state index >= 15 is 26.3 Å². The van der Waals surface area contributed by atoms with E-state index in [1.807, 2.05) is 0 Å². The number of thioether (sulfide) groups is 2. The van der Waals surface area contributed by atoms with Crippen LogP contribution >= 0.6 is 23.5 Å². The van der Waals surface area contributed by atoms with Crippen molar-refractivity contribution in [3.8, 4) is 0 Å². The van der Waals surface area contributed by atoms with Crippen molar-refractivity contribution in [3.63, 3.8) is 0 Å². The van der Waals surface area contributed by atoms with Gasteiger partial charge in [0.1, 0.15) is 20.9 Å². The molecule has 4 heterocycles. The van der Waals surface area contributed by atoms with Crippen LogP contribution in [-0.4, -0.2) is 80.7 Å². The average Bonchev–Trinajstić information content (AvgIpc) is 3.52. The Morgan fingerprint density at radius 1 is 0.600 bits per heavy atom. The van der Waals surface area contributed by atoms with E-state index in [-0.39, 0.29) is 9.81 Å². The number of hydrogen-bond donors (Lipinski definition) is 0. The van der Waals surface area contributed by atoms with Crippen LogP contribution in [0.25, 0.3) is 0 Å². The molecule has 0 aromatic carbocycles. The topological polar surface area (TPSA) is 98.4 Å². The number of alkyl halides is 6. The number of fused-ring (bicyclic) bond motifs is 4. The van der Waals surface area contributed by atoms with Crippen LogP contribution in [0, 0.1) is 10.4 Å². The summed E-state index contributed by atoms with van der Waals surface area (Å²) in [5.41, 5.74) is -9.63. The number of hydrogen-bond acceptors (Lipinski definition) is 6. The van der Waals surface area contributed by atoms with Crippen molar-refractivity contribution < 1.29 is 46.2 Å². The van der Waals surface area contributed by atoms with Crippen molar-refractivity contribution in [1.29, 1.82) is 0 Å². The molecular weight excluding hydrogens is 646 g/mol. The first kappa shape index (κ1) is 32.6. The van der Waals surface area contributed by atoms with Gasteiger partial charge in [0.05, 0.1) is 9.49 Å². The summed E-state index contributed by atoms with van der Waals surface area (Å²) in [6.45, 7) is 14.8. The summed E-state index contributed by atoms with van der Waals surface area (Å²) in [4.78, 5) is -0.305. The minimum Gasteiger partial charge on any atom is -0.714 e. The zero-order valence-electron chi connectivity index (χ0n) is 26.2. The molecule has 0 amide bonds. The highest BCUT2D eigenvalue weighted by Gasteiger charge is 2.84. The van der Waals surface area contributed by atoms with Crippen molar-refractivity contribution in [3.05, 3.63) is 54.7 Å². The number of allylic oxidation sites excluding steroid dienone is 4. The normalized spacial score (nSPS) is 36.1. The van der Waals surface area contributed by atoms with Gasteiger partial charge in [-0.15, -0.1) is 23.5 Å². The maximum absolute atomic E-state index is 15.7. The number of halogens is 6. The Bertz CT molecular complexity index is 1570. The first-order chi connectivity index (χ1) is 20.0. The molecule has 0 aromatic heterocycles. The molecular formula is C29H32F6N4O4S2. The minimum atomic E-state index is -5.83. The van der Waals surface area contributed by atoms with Crippen molar-refractivity contribution in [2.45, 2.75) is 119 Å². The van der Waals surface area contributed by atoms with Crippen LogP contribution in [0.4, 0.5) is 26.3 Å². The third-order valence-corrected chi connectivity index (χ3v) is 14.8. The molecule has 2 radical (unpaired) electrons. The summed E-state index contributed by atoms with van der Waals surface area (Å²) >= 11 is 1.51. The highest BCUT2D eigenvalue weighted by atomic mass is 32.2. The summed E-state index contributed by atoms with van der Waals surface area (Å²) in [5, 5.41) is 54.9. The summed E-state index contributed by atoms with van der Waals surface area (Å²) in [5.74, 6) is -17.5. The molecule has 2 unspecified atom stereocenters. The van der Waals surface area contributed by atoms with Crippen molar-refractivity contribution in [2.75, 3.05) is 0 Å². The molecule has 4 aliphatic heterocycles. The maximum atomic E-state index is 15.7. The van der Waals surface area contributed by atoms with Gasteiger partial charge in [0.15, 0.2) is 11.1 Å². The third kappa shape index (κ3) is 3.14. The highest BCUT2D eigenvalue weighted by molar-refractivity contribution is 8.10. The fourth-order valence-corrected chi connectivity index (χ4v) is 9.90. The molecule has 1 saturated carbocycles. The molecule has 0 spiro atoms. The standard InChI is InChI=1S/C29H32F6N4O4S2/c1-21(2)22(3,4)37(41)19(36(21)40)15-11-13-17-18(28(32,33)29(34,35)27(17,30)31)14-12-16(45-26(14,10)25(13,9)44-15)20-38(42)23(5,6)24(7,8)39(20)43/h11-12H,1-10H3. The van der Waals surface area contributed by atoms with E-state index in [1.54, 1.807) is 0 Å². The molecule has 6 rings (SSSR count). The molecule has 6 aliphatic rings. The van der Waals surface area contributed by atoms with Crippen molar-refractivity contribution in [1.82, 2.24) is 10.1 Å². The van der Waals surface area contributed by atoms with Gasteiger partial charge in [-0.25, -0.2) is 0 Å². The van der Waals surface area contributed by atoms with Gasteiger partial charge in [-0.1, -0.05) is 10.1 Å². The Hall–Kier alpha value is -2.30. The van der Waals surface area contributed by atoms with Gasteiger partial charge in [-0.2, -0.15) is 26.3 Å². The van der Waals surface area contributed by atoms with E-state index in [4.69, 9.17) is 0 Å². The number of nitrogens with zero attached hydrogens (tertiary/aromatic N) is 4. The molecule has 1 fully saturated rings. The third-order valence-electron chi connectivity index (χ3n) is 11.6. The molecule has 16 heteroatoms. The van der Waals surface area contributed by atoms with Crippen molar-refractivity contribution >= 4 is 35.2 Å². The maximum Gasteiger partial charge on any atom is 0.380 e. The summed E-state index contributed by atoms with van der Waals surface area (Å²) in [6.07, 6.45) is 1.92. The molecule has 0 N–H and O–H groups in total. The molecule has 2 aliphatic carbocycles. The van der Waals surface area contributed by atoms with Crippen LogP contribution in [0.2, 0.25) is 0 Å². The molecule has 246 valence electrons. The highest BCUT2D eigenvalue weighted by Crippen LogP contribution is 2.74. The van der Waals surface area contributed by atoms with E-state index in [0.717, 1.165) is 35.7 Å². The lowest BCUT2D eigenvalue weighted by Gasteiger charge is -2.47. The number of rotatable bonds is 2. The second kappa shape index (κ2) is 8.21. The first-order valence-corrected chi connectivity index (χ1v) is 15.8. The van der Waals surface area contributed by atoms with Gasteiger partial charge in [0.2, 0.25) is 0 Å². The average molecular weight is 679 g/mol. The van der Waals surface area contributed by atoms with Crippen molar-refractivity contribution in [2.24, 2.45) is 0 Å². The number of hydroxylamine groups is 6. The number of amidine groups is 2. The molecule has 0 saturated heterocycles. The fourth-order valence-electron chi connectivity index (χ4n) is 6.75. The van der Waals surface area contributed by atoms with Crippen LogP contribution in [0.15, 0.2) is 44.3 Å². The molecule has 2 atom stereocenters. The van der Waals surface area contributed by atoms with Gasteiger partial charge in [0.25, 0.3) is 0 Å². The van der Waals surface area contributed by atoms with E-state index in [2.05, 4.69) is 0 Å². The van der Waals surface area contributed by atoms with E-state index in [1.165, 1.54) is 69.2 Å². The van der Waals surface area contributed by atoms with Crippen LogP contribution in [0.1, 0.15) is 69.2 Å². The van der Waals surface area contributed by atoms with Gasteiger partial charge in [-0.05, 0) is 92.5 Å². The summed E-state index contributed by atoms with van der Waals surface area (Å²) < 4.78 is 90.5. The van der Waals surface area contributed by atoms with Gasteiger partial charge < -0.3 is 10.4 Å². The quantitative estimate of drug-likeness (QED) is 0.187. The summed E-state index contributed by atoms with van der Waals surface area (Å²) in [7, 11) is 0. The largest absolute Gasteiger partial charge is 0.714 e. The Morgan fingerprint density at radius 2 is 0.889 bits per heavy atom. The predicted molar refractivity (Wildman–Crippen MR) is 156 cm³/mol. The lowest BCUT2D eigenvalue weighted by atomic mass is 9.71. The second-order valence-corrected chi connectivity index (χ2v) is 17.6. The molecule has 45 heavy (non-hydrogen) atoms. The van der Waals surface area contributed by atoms with Crippen LogP contribution < -0.4 is 0 Å². The van der Waals surface area contributed by atoms with Crippen LogP contribution in [0.3, 0.4) is 0 Å². The molecule has 0 bridgehead atoms. The minimum absolute atomic E-state index is 0.152. The second-order valence-electron chi connectivity index (χ2n) is 14.6. The lowest BCUT2D eigenvalue weighted by molar-refractivity contribution is -0.539. The zero-order chi connectivity index (χ0) is 34.3. The zero-order valence-corrected chi connectivity index (χ0v) is 27.8. The van der Waals surface area contributed by atoms with Crippen LogP contribution in [-0.2, 0) is 10.4 Å². The fraction of sp³-hybridized carbons (Fsp3) is 0.655. The van der Waals surface area contributed by atoms with Crippen LogP contribution in [0.5, 0.6) is 0 Å². The van der Waals surface area contributed by atoms with Gasteiger partial charge >= 0.3 is 29.4 Å². The van der Waals surface area contributed by atoms with E-state index in [9.17, 15) is 20.8 Å². The lowest BCUT2D eigenvalue weighted by Crippen LogP contribution is -2.53. The molecule has 8 nitrogen and oxygen atoms in total. The smallest absolute Gasteiger partial charge is 0.380 e. The Balaban J connectivity index is 1.65. The molecule has 0 aromatic rings. The first-order valence-electron chi connectivity index (χ1n) is 14.1. The predicted octanol–water partition coefficient (Wildman–Crippen LogP) is 6.55. The summed E-state index contributed by atoms with van der Waals surface area (Å²) in [6, 6.07) is 0. The Kier molecular flexibility index (Phi) is 5.96. The SMILES string of the molecule is CC12SC(C3=[N+]([O-])C(C)(C)C(C)(C)N3[O])=CC1=C1C(=C3C=C(C4=[N+]([O-])C(C)(C)C(C)(C)N4[O])SC32C)C(F)(F)C(F)(F)C1(F)F. The van der Waals surface area contributed by atoms with Gasteiger partial charge in [0, 0.05) is 21.6 Å². The Morgan fingerprint density at radius 3 is 1.13 bits per heavy atom. The monoisotopic (exact) mass is 678 g/mol. The van der Waals surface area contributed by atoms with Gasteiger partial charge in [-0.3, -0.25) is 9.48 Å². The Labute approximate surface area is 264 Å². The van der Waals surface area contributed by atoms with E-state index in [0.29, 0.717) is 19.6 Å².